The van der Waals surface area contributed by atoms with Gasteiger partial charge in [-0.15, -0.1) is 0 Å². The van der Waals surface area contributed by atoms with Gasteiger partial charge < -0.3 is 5.73 Å². The highest BCUT2D eigenvalue weighted by atomic mass is 35.5. The van der Waals surface area contributed by atoms with Crippen molar-refractivity contribution >= 4 is 11.6 Å². The third-order valence-corrected chi connectivity index (χ3v) is 3.69. The first kappa shape index (κ1) is 15.5. The number of nitrogens with two attached hydrogens (primary N) is 1. The maximum Gasteiger partial charge on any atom is 0.0470 e. The molecule has 0 radical (unpaired) electrons. The molecule has 2 N–H and O–H groups in total. The Balaban J connectivity index is 2.82. The maximum atomic E-state index is 6.06. The number of hydrogen-bond donors (Lipinski definition) is 1. The summed E-state index contributed by atoms with van der Waals surface area (Å²) < 4.78 is 0. The molecule has 0 heterocycles. The highest BCUT2D eigenvalue weighted by Gasteiger charge is 2.20. The predicted octanol–water partition coefficient (Wildman–Crippen LogP) is 3.71. The van der Waals surface area contributed by atoms with Gasteiger partial charge >= 0.3 is 0 Å². The van der Waals surface area contributed by atoms with Crippen molar-refractivity contribution in [3.8, 4) is 0 Å². The van der Waals surface area contributed by atoms with Crippen LogP contribution >= 0.6 is 11.6 Å². The SMILES string of the molecule is CC(C)CC(C)N(C)C(CN)c1cccc(Cl)c1. The van der Waals surface area contributed by atoms with E-state index in [0.717, 1.165) is 5.02 Å². The summed E-state index contributed by atoms with van der Waals surface area (Å²) in [5.74, 6) is 0.695. The Morgan fingerprint density at radius 3 is 2.44 bits per heavy atom. The largest absolute Gasteiger partial charge is 0.329 e. The van der Waals surface area contributed by atoms with Crippen molar-refractivity contribution in [2.75, 3.05) is 13.6 Å². The molecular weight excluding hydrogens is 244 g/mol. The quantitative estimate of drug-likeness (QED) is 0.852. The molecule has 2 unspecified atom stereocenters. The van der Waals surface area contributed by atoms with Crippen LogP contribution in [0.5, 0.6) is 0 Å². The summed E-state index contributed by atoms with van der Waals surface area (Å²) in [5.41, 5.74) is 7.14. The molecule has 0 aliphatic heterocycles. The molecule has 1 rings (SSSR count). The van der Waals surface area contributed by atoms with E-state index in [-0.39, 0.29) is 6.04 Å². The van der Waals surface area contributed by atoms with E-state index in [1.54, 1.807) is 0 Å². The van der Waals surface area contributed by atoms with Gasteiger partial charge in [-0.25, -0.2) is 0 Å². The van der Waals surface area contributed by atoms with Crippen LogP contribution in [0.2, 0.25) is 5.02 Å². The van der Waals surface area contributed by atoms with E-state index in [1.165, 1.54) is 12.0 Å². The maximum absolute atomic E-state index is 6.06. The van der Waals surface area contributed by atoms with Crippen LogP contribution in [0.4, 0.5) is 0 Å². The van der Waals surface area contributed by atoms with Gasteiger partial charge in [-0.2, -0.15) is 0 Å². The molecule has 2 nitrogen and oxygen atoms in total. The molecule has 0 spiro atoms. The van der Waals surface area contributed by atoms with Gasteiger partial charge in [0, 0.05) is 23.7 Å². The van der Waals surface area contributed by atoms with E-state index in [4.69, 9.17) is 17.3 Å². The molecule has 1 aromatic carbocycles. The third kappa shape index (κ3) is 4.27. The van der Waals surface area contributed by atoms with Crippen LogP contribution in [0, 0.1) is 5.92 Å². The van der Waals surface area contributed by atoms with E-state index in [1.807, 2.05) is 18.2 Å². The summed E-state index contributed by atoms with van der Waals surface area (Å²) in [6.07, 6.45) is 1.17. The van der Waals surface area contributed by atoms with Gasteiger partial charge in [0.15, 0.2) is 0 Å². The van der Waals surface area contributed by atoms with Gasteiger partial charge in [-0.3, -0.25) is 4.90 Å². The standard InChI is InChI=1S/C15H25ClN2/c1-11(2)8-12(3)18(4)15(10-17)13-6-5-7-14(16)9-13/h5-7,9,11-12,15H,8,10,17H2,1-4H3. The van der Waals surface area contributed by atoms with Crippen molar-refractivity contribution in [1.29, 1.82) is 0 Å². The van der Waals surface area contributed by atoms with E-state index in [2.05, 4.69) is 38.8 Å². The zero-order chi connectivity index (χ0) is 13.7. The molecule has 18 heavy (non-hydrogen) atoms. The summed E-state index contributed by atoms with van der Waals surface area (Å²) in [6, 6.07) is 8.74. The van der Waals surface area contributed by atoms with E-state index >= 15 is 0 Å². The molecule has 0 bridgehead atoms. The van der Waals surface area contributed by atoms with Crippen molar-refractivity contribution in [3.63, 3.8) is 0 Å². The normalized spacial score (nSPS) is 15.1. The number of benzene rings is 1. The molecule has 102 valence electrons. The van der Waals surface area contributed by atoms with Crippen LogP contribution < -0.4 is 5.73 Å². The molecule has 2 atom stereocenters. The molecule has 0 aromatic heterocycles. The zero-order valence-corrected chi connectivity index (χ0v) is 12.6. The van der Waals surface area contributed by atoms with Crippen molar-refractivity contribution in [1.82, 2.24) is 4.90 Å². The molecular formula is C15H25ClN2. The Hall–Kier alpha value is -0.570. The lowest BCUT2D eigenvalue weighted by Crippen LogP contribution is -2.37. The lowest BCUT2D eigenvalue weighted by molar-refractivity contribution is 0.169. The van der Waals surface area contributed by atoms with Gasteiger partial charge in [0.25, 0.3) is 0 Å². The third-order valence-electron chi connectivity index (χ3n) is 3.46. The van der Waals surface area contributed by atoms with Crippen molar-refractivity contribution < 1.29 is 0 Å². The minimum Gasteiger partial charge on any atom is -0.329 e. The summed E-state index contributed by atoms with van der Waals surface area (Å²) in [7, 11) is 2.14. The van der Waals surface area contributed by atoms with Gasteiger partial charge in [0.1, 0.15) is 0 Å². The highest BCUT2D eigenvalue weighted by molar-refractivity contribution is 6.30. The number of hydrogen-bond acceptors (Lipinski definition) is 2. The number of rotatable bonds is 6. The molecule has 0 aliphatic rings. The smallest absolute Gasteiger partial charge is 0.0470 e. The Bertz CT molecular complexity index is 365. The minimum atomic E-state index is 0.234. The van der Waals surface area contributed by atoms with Crippen LogP contribution in [0.3, 0.4) is 0 Å². The van der Waals surface area contributed by atoms with Gasteiger partial charge in [-0.1, -0.05) is 37.6 Å². The van der Waals surface area contributed by atoms with E-state index in [0.29, 0.717) is 18.5 Å². The van der Waals surface area contributed by atoms with Crippen molar-refractivity contribution in [2.24, 2.45) is 11.7 Å². The average Bonchev–Trinajstić information content (AvgIpc) is 2.29. The second-order valence-electron chi connectivity index (χ2n) is 5.45. The van der Waals surface area contributed by atoms with Gasteiger partial charge in [0.05, 0.1) is 0 Å². The first-order chi connectivity index (χ1) is 8.45. The van der Waals surface area contributed by atoms with Crippen LogP contribution in [-0.2, 0) is 0 Å². The zero-order valence-electron chi connectivity index (χ0n) is 11.9. The molecule has 0 fully saturated rings. The highest BCUT2D eigenvalue weighted by Crippen LogP contribution is 2.25. The molecule has 0 amide bonds. The van der Waals surface area contributed by atoms with Crippen LogP contribution in [0.15, 0.2) is 24.3 Å². The van der Waals surface area contributed by atoms with E-state index < -0.39 is 0 Å². The first-order valence-corrected chi connectivity index (χ1v) is 7.01. The average molecular weight is 269 g/mol. The molecule has 1 aromatic rings. The fourth-order valence-corrected chi connectivity index (χ4v) is 2.61. The number of likely N-dealkylation sites (N-methyl/N-ethyl adjacent to an activating group) is 1. The van der Waals surface area contributed by atoms with Gasteiger partial charge in [0.2, 0.25) is 0 Å². The topological polar surface area (TPSA) is 29.3 Å². The van der Waals surface area contributed by atoms with Crippen LogP contribution in [0.1, 0.15) is 38.8 Å². The number of nitrogens with zero attached hydrogens (tertiary/aromatic N) is 1. The fraction of sp³-hybridized carbons (Fsp3) is 0.600. The van der Waals surface area contributed by atoms with E-state index in [9.17, 15) is 0 Å². The second-order valence-corrected chi connectivity index (χ2v) is 5.89. The summed E-state index contributed by atoms with van der Waals surface area (Å²) in [5, 5.41) is 0.774. The molecule has 3 heteroatoms. The lowest BCUT2D eigenvalue weighted by atomic mass is 9.99. The monoisotopic (exact) mass is 268 g/mol. The van der Waals surface area contributed by atoms with Crippen molar-refractivity contribution in [2.45, 2.75) is 39.3 Å². The molecule has 0 aliphatic carbocycles. The Morgan fingerprint density at radius 1 is 1.28 bits per heavy atom. The Kier molecular flexibility index (Phi) is 6.13. The number of halogens is 1. The second kappa shape index (κ2) is 7.13. The lowest BCUT2D eigenvalue weighted by Gasteiger charge is -2.33. The minimum absolute atomic E-state index is 0.234. The predicted molar refractivity (Wildman–Crippen MR) is 79.9 cm³/mol. The fourth-order valence-electron chi connectivity index (χ4n) is 2.41. The Morgan fingerprint density at radius 2 is 1.94 bits per heavy atom. The first-order valence-electron chi connectivity index (χ1n) is 6.63. The summed E-state index contributed by atoms with van der Waals surface area (Å²) in [4.78, 5) is 2.35. The Labute approximate surface area is 116 Å². The van der Waals surface area contributed by atoms with Crippen LogP contribution in [-0.4, -0.2) is 24.5 Å². The molecule has 0 saturated heterocycles. The molecule has 0 saturated carbocycles. The van der Waals surface area contributed by atoms with Crippen LogP contribution in [0.25, 0.3) is 0 Å². The van der Waals surface area contributed by atoms with Crippen molar-refractivity contribution in [3.05, 3.63) is 34.9 Å². The van der Waals surface area contributed by atoms with Gasteiger partial charge in [-0.05, 0) is 44.0 Å². The summed E-state index contributed by atoms with van der Waals surface area (Å²) in [6.45, 7) is 7.37. The summed E-state index contributed by atoms with van der Waals surface area (Å²) >= 11 is 6.06.